The monoisotopic (exact) mass is 420 g/mol. The number of ether oxygens (including phenoxy) is 1. The molecule has 1 fully saturated rings. The average molecular weight is 421 g/mol. The summed E-state index contributed by atoms with van der Waals surface area (Å²) in [6, 6.07) is 12.4. The molecular formula is C25H32N4O2. The Bertz CT molecular complexity index is 996. The first-order chi connectivity index (χ1) is 14.8. The van der Waals surface area contributed by atoms with Gasteiger partial charge in [-0.05, 0) is 88.5 Å². The molecule has 1 aliphatic heterocycles. The number of carbonyl (C=O) groups excluding carboxylic acids is 1. The second-order valence-electron chi connectivity index (χ2n) is 8.48. The first-order valence-corrected chi connectivity index (χ1v) is 10.8. The molecule has 2 aromatic rings. The minimum absolute atomic E-state index is 0.133. The Morgan fingerprint density at radius 1 is 1.32 bits per heavy atom. The smallest absolute Gasteiger partial charge is 0.261 e. The number of rotatable bonds is 7. The lowest BCUT2D eigenvalue weighted by Gasteiger charge is -2.20. The summed E-state index contributed by atoms with van der Waals surface area (Å²) in [5, 5.41) is 12.6. The Balaban J connectivity index is 1.73. The third-order valence-electron chi connectivity index (χ3n) is 6.06. The van der Waals surface area contributed by atoms with Crippen molar-refractivity contribution in [3.05, 3.63) is 52.9 Å². The van der Waals surface area contributed by atoms with Crippen molar-refractivity contribution < 1.29 is 9.53 Å². The number of nitrogens with zero attached hydrogens (tertiary/aromatic N) is 3. The zero-order chi connectivity index (χ0) is 22.5. The number of hydrogen-bond acceptors (Lipinski definition) is 4. The van der Waals surface area contributed by atoms with E-state index in [1.54, 1.807) is 13.2 Å². The molecule has 2 heterocycles. The van der Waals surface area contributed by atoms with Gasteiger partial charge in [0.25, 0.3) is 5.91 Å². The van der Waals surface area contributed by atoms with Crippen LogP contribution in [0.4, 0.5) is 0 Å². The van der Waals surface area contributed by atoms with Gasteiger partial charge in [-0.1, -0.05) is 0 Å². The first-order valence-electron chi connectivity index (χ1n) is 10.8. The standard InChI is InChI=1S/C25H32N4O2/c1-17(2)28-11-10-20(16-28)15-27-25(30)22(14-26)13-21-12-18(3)29(19(21)4)23-6-8-24(31-5)9-7-23/h6-9,12-13,17,20H,10-11,15-16H2,1-5H3,(H,27,30)/b22-13+. The second kappa shape index (κ2) is 9.84. The Morgan fingerprint density at radius 2 is 2.03 bits per heavy atom. The van der Waals surface area contributed by atoms with Crippen LogP contribution >= 0.6 is 0 Å². The van der Waals surface area contributed by atoms with Crippen LogP contribution < -0.4 is 10.1 Å². The van der Waals surface area contributed by atoms with E-state index in [0.717, 1.165) is 47.9 Å². The van der Waals surface area contributed by atoms with Crippen LogP contribution in [0.1, 0.15) is 37.2 Å². The zero-order valence-corrected chi connectivity index (χ0v) is 19.1. The summed E-state index contributed by atoms with van der Waals surface area (Å²) in [7, 11) is 1.64. The molecule has 1 atom stereocenters. The van der Waals surface area contributed by atoms with Crippen LogP contribution in [0, 0.1) is 31.1 Å². The average Bonchev–Trinajstić information content (AvgIpc) is 3.35. The molecule has 0 aliphatic carbocycles. The molecule has 6 nitrogen and oxygen atoms in total. The fourth-order valence-corrected chi connectivity index (χ4v) is 4.20. The molecule has 31 heavy (non-hydrogen) atoms. The van der Waals surface area contributed by atoms with Gasteiger partial charge in [0.1, 0.15) is 17.4 Å². The number of likely N-dealkylation sites (tertiary alicyclic amines) is 1. The summed E-state index contributed by atoms with van der Waals surface area (Å²) in [6.07, 6.45) is 2.76. The van der Waals surface area contributed by atoms with Gasteiger partial charge in [0.2, 0.25) is 0 Å². The highest BCUT2D eigenvalue weighted by Gasteiger charge is 2.24. The van der Waals surface area contributed by atoms with Crippen LogP contribution in [-0.4, -0.2) is 48.2 Å². The van der Waals surface area contributed by atoms with E-state index in [0.29, 0.717) is 18.5 Å². The van der Waals surface area contributed by atoms with Gasteiger partial charge in [0.15, 0.2) is 0 Å². The van der Waals surface area contributed by atoms with Crippen molar-refractivity contribution in [2.45, 2.75) is 40.2 Å². The van der Waals surface area contributed by atoms with Gasteiger partial charge in [-0.15, -0.1) is 0 Å². The van der Waals surface area contributed by atoms with Crippen LogP contribution in [-0.2, 0) is 4.79 Å². The van der Waals surface area contributed by atoms with E-state index in [9.17, 15) is 10.1 Å². The summed E-state index contributed by atoms with van der Waals surface area (Å²) in [5.41, 5.74) is 4.02. The molecule has 6 heteroatoms. The molecule has 1 amide bonds. The summed E-state index contributed by atoms with van der Waals surface area (Å²) in [5.74, 6) is 0.930. The highest BCUT2D eigenvalue weighted by Crippen LogP contribution is 2.24. The highest BCUT2D eigenvalue weighted by atomic mass is 16.5. The van der Waals surface area contributed by atoms with Crippen molar-refractivity contribution in [1.29, 1.82) is 5.26 Å². The lowest BCUT2D eigenvalue weighted by molar-refractivity contribution is -0.117. The molecule has 1 unspecified atom stereocenters. The summed E-state index contributed by atoms with van der Waals surface area (Å²) in [4.78, 5) is 15.1. The molecule has 1 saturated heterocycles. The van der Waals surface area contributed by atoms with Crippen molar-refractivity contribution in [2.75, 3.05) is 26.7 Å². The van der Waals surface area contributed by atoms with E-state index in [1.807, 2.05) is 44.2 Å². The Hall–Kier alpha value is -3.04. The number of benzene rings is 1. The van der Waals surface area contributed by atoms with Crippen LogP contribution in [0.3, 0.4) is 0 Å². The Morgan fingerprint density at radius 3 is 2.61 bits per heavy atom. The van der Waals surface area contributed by atoms with Crippen molar-refractivity contribution in [3.8, 4) is 17.5 Å². The molecule has 1 N–H and O–H groups in total. The van der Waals surface area contributed by atoms with Gasteiger partial charge in [-0.3, -0.25) is 4.79 Å². The molecule has 1 aromatic carbocycles. The predicted octanol–water partition coefficient (Wildman–Crippen LogP) is 3.86. The summed E-state index contributed by atoms with van der Waals surface area (Å²) >= 11 is 0. The molecule has 1 aliphatic rings. The largest absolute Gasteiger partial charge is 0.497 e. The van der Waals surface area contributed by atoms with Crippen LogP contribution in [0.5, 0.6) is 5.75 Å². The molecule has 0 spiro atoms. The van der Waals surface area contributed by atoms with E-state index in [-0.39, 0.29) is 11.5 Å². The van der Waals surface area contributed by atoms with E-state index in [4.69, 9.17) is 4.74 Å². The fraction of sp³-hybridized carbons (Fsp3) is 0.440. The fourth-order valence-electron chi connectivity index (χ4n) is 4.20. The number of aryl methyl sites for hydroxylation is 1. The van der Waals surface area contributed by atoms with Gasteiger partial charge < -0.3 is 19.5 Å². The number of nitriles is 1. The topological polar surface area (TPSA) is 70.3 Å². The van der Waals surface area contributed by atoms with Gasteiger partial charge in [0.05, 0.1) is 7.11 Å². The molecular weight excluding hydrogens is 388 g/mol. The Labute approximate surface area is 185 Å². The minimum atomic E-state index is -0.306. The summed E-state index contributed by atoms with van der Waals surface area (Å²) < 4.78 is 7.35. The van der Waals surface area contributed by atoms with E-state index >= 15 is 0 Å². The lowest BCUT2D eigenvalue weighted by atomic mass is 10.1. The van der Waals surface area contributed by atoms with Crippen molar-refractivity contribution in [2.24, 2.45) is 5.92 Å². The number of nitrogens with one attached hydrogen (secondary N) is 1. The predicted molar refractivity (Wildman–Crippen MR) is 123 cm³/mol. The zero-order valence-electron chi connectivity index (χ0n) is 19.1. The lowest BCUT2D eigenvalue weighted by Crippen LogP contribution is -2.33. The molecule has 1 aromatic heterocycles. The molecule has 0 bridgehead atoms. The molecule has 0 radical (unpaired) electrons. The van der Waals surface area contributed by atoms with Gasteiger partial charge >= 0.3 is 0 Å². The normalized spacial score (nSPS) is 17.1. The number of carbonyl (C=O) groups is 1. The number of methoxy groups -OCH3 is 1. The van der Waals surface area contributed by atoms with Crippen LogP contribution in [0.2, 0.25) is 0 Å². The van der Waals surface area contributed by atoms with E-state index < -0.39 is 0 Å². The quantitative estimate of drug-likeness (QED) is 0.546. The van der Waals surface area contributed by atoms with Crippen molar-refractivity contribution in [1.82, 2.24) is 14.8 Å². The van der Waals surface area contributed by atoms with Crippen molar-refractivity contribution in [3.63, 3.8) is 0 Å². The van der Waals surface area contributed by atoms with Gasteiger partial charge in [0, 0.05) is 36.2 Å². The highest BCUT2D eigenvalue weighted by molar-refractivity contribution is 6.01. The van der Waals surface area contributed by atoms with E-state index in [1.165, 1.54) is 0 Å². The molecule has 3 rings (SSSR count). The van der Waals surface area contributed by atoms with Gasteiger partial charge in [-0.25, -0.2) is 0 Å². The van der Waals surface area contributed by atoms with E-state index in [2.05, 4.69) is 34.7 Å². The minimum Gasteiger partial charge on any atom is -0.497 e. The number of hydrogen-bond donors (Lipinski definition) is 1. The van der Waals surface area contributed by atoms with Crippen LogP contribution in [0.15, 0.2) is 35.9 Å². The van der Waals surface area contributed by atoms with Crippen molar-refractivity contribution >= 4 is 12.0 Å². The number of amides is 1. The number of aromatic nitrogens is 1. The third kappa shape index (κ3) is 5.18. The first kappa shape index (κ1) is 22.6. The maximum atomic E-state index is 12.7. The SMILES string of the molecule is COc1ccc(-n2c(C)cc(/C=C(\C#N)C(=O)NCC3CCN(C(C)C)C3)c2C)cc1. The maximum absolute atomic E-state index is 12.7. The molecule has 164 valence electrons. The molecule has 0 saturated carbocycles. The third-order valence-corrected chi connectivity index (χ3v) is 6.06. The maximum Gasteiger partial charge on any atom is 0.261 e. The van der Waals surface area contributed by atoms with Gasteiger partial charge in [-0.2, -0.15) is 5.26 Å². The summed E-state index contributed by atoms with van der Waals surface area (Å²) in [6.45, 7) is 11.1. The van der Waals surface area contributed by atoms with Crippen LogP contribution in [0.25, 0.3) is 11.8 Å². The second-order valence-corrected chi connectivity index (χ2v) is 8.48. The Kier molecular flexibility index (Phi) is 7.19.